The van der Waals surface area contributed by atoms with Gasteiger partial charge in [0.1, 0.15) is 6.10 Å². The van der Waals surface area contributed by atoms with Gasteiger partial charge in [-0.1, -0.05) is 29.5 Å². The van der Waals surface area contributed by atoms with E-state index in [-0.39, 0.29) is 16.7 Å². The Morgan fingerprint density at radius 3 is 2.62 bits per heavy atom. The molecule has 0 spiro atoms. The number of fused-ring (bicyclic) bond motifs is 1. The van der Waals surface area contributed by atoms with Gasteiger partial charge in [0.15, 0.2) is 0 Å². The van der Waals surface area contributed by atoms with Crippen LogP contribution in [0.5, 0.6) is 5.19 Å². The van der Waals surface area contributed by atoms with Crippen molar-refractivity contribution in [2.75, 3.05) is 13.1 Å². The van der Waals surface area contributed by atoms with E-state index in [1.807, 2.05) is 24.3 Å². The summed E-state index contributed by atoms with van der Waals surface area (Å²) in [6, 6.07) is 11.7. The number of aryl methyl sites for hydroxylation is 1. The van der Waals surface area contributed by atoms with E-state index in [0.29, 0.717) is 36.7 Å². The fourth-order valence-electron chi connectivity index (χ4n) is 3.35. The predicted octanol–water partition coefficient (Wildman–Crippen LogP) is 3.75. The topological polar surface area (TPSA) is 103 Å². The van der Waals surface area contributed by atoms with Crippen molar-refractivity contribution < 1.29 is 18.1 Å². The molecule has 0 atom stereocenters. The van der Waals surface area contributed by atoms with Crippen molar-refractivity contribution in [2.45, 2.75) is 30.8 Å². The molecule has 29 heavy (non-hydrogen) atoms. The third kappa shape index (κ3) is 3.96. The summed E-state index contributed by atoms with van der Waals surface area (Å²) in [5.41, 5.74) is 1.14. The highest BCUT2D eigenvalue weighted by molar-refractivity contribution is 7.89. The first-order valence-electron chi connectivity index (χ1n) is 9.12. The van der Waals surface area contributed by atoms with E-state index < -0.39 is 14.9 Å². The number of hydrogen-bond acceptors (Lipinski definition) is 7. The first-order valence-corrected chi connectivity index (χ1v) is 11.4. The summed E-state index contributed by atoms with van der Waals surface area (Å²) >= 11 is 1.47. The molecule has 0 saturated carbocycles. The molecule has 2 aromatic carbocycles. The number of hydrogen-bond donors (Lipinski definition) is 0. The molecular weight excluding hydrogens is 414 g/mol. The zero-order chi connectivity index (χ0) is 20.6. The smallest absolute Gasteiger partial charge is 0.274 e. The van der Waals surface area contributed by atoms with Crippen LogP contribution in [0.4, 0.5) is 5.69 Å². The summed E-state index contributed by atoms with van der Waals surface area (Å²) in [5.74, 6) is 0. The van der Waals surface area contributed by atoms with Gasteiger partial charge in [-0.25, -0.2) is 13.4 Å². The van der Waals surface area contributed by atoms with E-state index in [1.54, 1.807) is 6.92 Å². The van der Waals surface area contributed by atoms with E-state index in [1.165, 1.54) is 27.8 Å². The van der Waals surface area contributed by atoms with Crippen molar-refractivity contribution in [2.24, 2.45) is 0 Å². The van der Waals surface area contributed by atoms with Crippen molar-refractivity contribution >= 4 is 37.3 Å². The number of ether oxygens (including phenoxy) is 1. The summed E-state index contributed by atoms with van der Waals surface area (Å²) in [5, 5.41) is 11.6. The molecule has 0 amide bonds. The summed E-state index contributed by atoms with van der Waals surface area (Å²) in [4.78, 5) is 14.9. The average molecular weight is 434 g/mol. The molecule has 1 aromatic heterocycles. The number of benzene rings is 2. The van der Waals surface area contributed by atoms with Crippen LogP contribution in [0.1, 0.15) is 18.4 Å². The van der Waals surface area contributed by atoms with Gasteiger partial charge >= 0.3 is 0 Å². The van der Waals surface area contributed by atoms with E-state index in [0.717, 1.165) is 16.3 Å². The Morgan fingerprint density at radius 2 is 1.93 bits per heavy atom. The normalized spacial score (nSPS) is 16.2. The lowest BCUT2D eigenvalue weighted by Gasteiger charge is -2.31. The van der Waals surface area contributed by atoms with Gasteiger partial charge in [-0.2, -0.15) is 4.31 Å². The second kappa shape index (κ2) is 7.69. The second-order valence-corrected chi connectivity index (χ2v) is 9.78. The fourth-order valence-corrected chi connectivity index (χ4v) is 5.95. The third-order valence-corrected chi connectivity index (χ3v) is 7.91. The number of thiazole rings is 1. The Morgan fingerprint density at radius 1 is 1.21 bits per heavy atom. The summed E-state index contributed by atoms with van der Waals surface area (Å²) in [6.07, 6.45) is 0.944. The van der Waals surface area contributed by atoms with Crippen molar-refractivity contribution in [1.29, 1.82) is 0 Å². The minimum absolute atomic E-state index is 0.0164. The number of aromatic nitrogens is 1. The first kappa shape index (κ1) is 19.7. The molecule has 1 aliphatic heterocycles. The van der Waals surface area contributed by atoms with Crippen LogP contribution in [0.15, 0.2) is 47.4 Å². The highest BCUT2D eigenvalue weighted by Crippen LogP contribution is 2.31. The highest BCUT2D eigenvalue weighted by atomic mass is 32.2. The molecule has 0 aliphatic carbocycles. The molecule has 1 saturated heterocycles. The van der Waals surface area contributed by atoms with Crippen molar-refractivity contribution in [3.8, 4) is 5.19 Å². The van der Waals surface area contributed by atoms with Gasteiger partial charge in [0.25, 0.3) is 10.9 Å². The van der Waals surface area contributed by atoms with Crippen molar-refractivity contribution in [3.63, 3.8) is 0 Å². The molecule has 0 N–H and O–H groups in total. The van der Waals surface area contributed by atoms with Crippen LogP contribution in [0.3, 0.4) is 0 Å². The lowest BCUT2D eigenvalue weighted by atomic mass is 10.1. The SMILES string of the molecule is Cc1ccc([N+](=O)[O-])cc1S(=O)(=O)N1CCC(Oc2nc3ccccc3s2)CC1. The number of nitro groups is 1. The zero-order valence-corrected chi connectivity index (χ0v) is 17.3. The molecule has 1 aliphatic rings. The highest BCUT2D eigenvalue weighted by Gasteiger charge is 2.32. The standard InChI is InChI=1S/C19H19N3O5S2/c1-13-6-7-14(22(23)24)12-18(13)29(25,26)21-10-8-15(9-11-21)27-19-20-16-4-2-3-5-17(16)28-19/h2-7,12,15H,8-11H2,1H3. The van der Waals surface area contributed by atoms with E-state index in [4.69, 9.17) is 4.74 Å². The van der Waals surface area contributed by atoms with Crippen LogP contribution in [0.25, 0.3) is 10.2 Å². The lowest BCUT2D eigenvalue weighted by molar-refractivity contribution is -0.385. The number of para-hydroxylation sites is 1. The Labute approximate surface area is 172 Å². The number of nitrogens with zero attached hydrogens (tertiary/aromatic N) is 3. The molecule has 8 nitrogen and oxygen atoms in total. The van der Waals surface area contributed by atoms with Gasteiger partial charge in [-0.3, -0.25) is 10.1 Å². The lowest BCUT2D eigenvalue weighted by Crippen LogP contribution is -2.41. The zero-order valence-electron chi connectivity index (χ0n) is 15.6. The number of sulfonamides is 1. The first-order chi connectivity index (χ1) is 13.8. The number of non-ortho nitro benzene ring substituents is 1. The van der Waals surface area contributed by atoms with Gasteiger partial charge in [0.05, 0.1) is 20.0 Å². The maximum atomic E-state index is 13.0. The molecule has 0 radical (unpaired) electrons. The third-order valence-electron chi connectivity index (χ3n) is 4.94. The van der Waals surface area contributed by atoms with Crippen LogP contribution >= 0.6 is 11.3 Å². The van der Waals surface area contributed by atoms with E-state index >= 15 is 0 Å². The largest absolute Gasteiger partial charge is 0.467 e. The van der Waals surface area contributed by atoms with Gasteiger partial charge < -0.3 is 4.74 Å². The Balaban J connectivity index is 1.46. The molecule has 152 valence electrons. The van der Waals surface area contributed by atoms with E-state index in [9.17, 15) is 18.5 Å². The van der Waals surface area contributed by atoms with Gasteiger partial charge in [-0.15, -0.1) is 0 Å². The minimum atomic E-state index is -3.81. The number of piperidine rings is 1. The maximum Gasteiger partial charge on any atom is 0.274 e. The Kier molecular flexibility index (Phi) is 5.24. The van der Waals surface area contributed by atoms with Crippen molar-refractivity contribution in [1.82, 2.24) is 9.29 Å². The van der Waals surface area contributed by atoms with Crippen LogP contribution < -0.4 is 4.74 Å². The van der Waals surface area contributed by atoms with Crippen LogP contribution in [0.2, 0.25) is 0 Å². The van der Waals surface area contributed by atoms with Crippen LogP contribution in [0, 0.1) is 17.0 Å². The Bertz CT molecular complexity index is 1130. The average Bonchev–Trinajstić information content (AvgIpc) is 3.10. The monoisotopic (exact) mass is 433 g/mol. The van der Waals surface area contributed by atoms with Gasteiger partial charge in [-0.05, 0) is 37.5 Å². The molecule has 1 fully saturated rings. The molecule has 0 unspecified atom stereocenters. The predicted molar refractivity (Wildman–Crippen MR) is 110 cm³/mol. The van der Waals surface area contributed by atoms with E-state index in [2.05, 4.69) is 4.98 Å². The molecule has 3 aromatic rings. The Hall–Kier alpha value is -2.56. The molecule has 0 bridgehead atoms. The summed E-state index contributed by atoms with van der Waals surface area (Å²) in [7, 11) is -3.81. The molecular formula is C19H19N3O5S2. The molecule has 10 heteroatoms. The maximum absolute atomic E-state index is 13.0. The fraction of sp³-hybridized carbons (Fsp3) is 0.316. The summed E-state index contributed by atoms with van der Waals surface area (Å²) in [6.45, 7) is 2.22. The quantitative estimate of drug-likeness (QED) is 0.449. The molecule has 2 heterocycles. The summed E-state index contributed by atoms with van der Waals surface area (Å²) < 4.78 is 34.4. The second-order valence-electron chi connectivity index (χ2n) is 6.88. The number of nitro benzene ring substituents is 1. The van der Waals surface area contributed by atoms with Gasteiger partial charge in [0.2, 0.25) is 10.0 Å². The molecule has 4 rings (SSSR count). The van der Waals surface area contributed by atoms with Crippen LogP contribution in [-0.2, 0) is 10.0 Å². The van der Waals surface area contributed by atoms with Crippen molar-refractivity contribution in [3.05, 3.63) is 58.1 Å². The minimum Gasteiger partial charge on any atom is -0.467 e. The number of rotatable bonds is 5. The van der Waals surface area contributed by atoms with Gasteiger partial charge in [0, 0.05) is 25.2 Å². The van der Waals surface area contributed by atoms with Crippen LogP contribution in [-0.4, -0.2) is 41.8 Å².